The standard InChI is InChI=1S/C29H28N4O3/c1-36-23-11-6-10-22(17-23)32-18-21(16-27(32)34)29-30-24-12-3-5-14-26(24)33(29)19-28(35)31-15-7-9-20-8-2-4-13-25(20)31/h2-6,8,10-14,17,21H,7,9,15-16,18-19H2,1H3. The third-order valence-electron chi connectivity index (χ3n) is 7.24. The van der Waals surface area contributed by atoms with Crippen LogP contribution < -0.4 is 14.5 Å². The number of ether oxygens (including phenoxy) is 1. The predicted octanol–water partition coefficient (Wildman–Crippen LogP) is 4.54. The average Bonchev–Trinajstić information content (AvgIpc) is 3.48. The lowest BCUT2D eigenvalue weighted by atomic mass is 10.0. The van der Waals surface area contributed by atoms with E-state index in [1.54, 1.807) is 12.0 Å². The van der Waals surface area contributed by atoms with Crippen molar-refractivity contribution in [1.29, 1.82) is 0 Å². The molecule has 1 unspecified atom stereocenters. The van der Waals surface area contributed by atoms with Gasteiger partial charge in [-0.1, -0.05) is 36.4 Å². The molecule has 7 heteroatoms. The topological polar surface area (TPSA) is 67.7 Å². The van der Waals surface area contributed by atoms with Crippen LogP contribution in [0, 0.1) is 0 Å². The smallest absolute Gasteiger partial charge is 0.246 e. The van der Waals surface area contributed by atoms with Gasteiger partial charge in [-0.15, -0.1) is 0 Å². The van der Waals surface area contributed by atoms with E-state index in [4.69, 9.17) is 9.72 Å². The molecule has 1 aromatic heterocycles. The Morgan fingerprint density at radius 2 is 1.89 bits per heavy atom. The zero-order valence-electron chi connectivity index (χ0n) is 20.3. The van der Waals surface area contributed by atoms with Crippen LogP contribution in [0.3, 0.4) is 0 Å². The van der Waals surface area contributed by atoms with Crippen molar-refractivity contribution >= 4 is 34.2 Å². The molecule has 0 spiro atoms. The van der Waals surface area contributed by atoms with Gasteiger partial charge in [0.2, 0.25) is 11.8 Å². The van der Waals surface area contributed by atoms with Gasteiger partial charge in [0, 0.05) is 42.9 Å². The van der Waals surface area contributed by atoms with Crippen molar-refractivity contribution in [1.82, 2.24) is 9.55 Å². The second-order valence-electron chi connectivity index (χ2n) is 9.43. The van der Waals surface area contributed by atoms with Crippen molar-refractivity contribution in [2.24, 2.45) is 0 Å². The number of carbonyl (C=O) groups is 2. The van der Waals surface area contributed by atoms with E-state index in [0.29, 0.717) is 25.3 Å². The van der Waals surface area contributed by atoms with Crippen molar-refractivity contribution in [2.75, 3.05) is 30.0 Å². The minimum absolute atomic E-state index is 0.0422. The Kier molecular flexibility index (Phi) is 5.68. The number of para-hydroxylation sites is 3. The molecule has 0 saturated carbocycles. The third-order valence-corrected chi connectivity index (χ3v) is 7.24. The Bertz CT molecular complexity index is 1460. The first-order valence-corrected chi connectivity index (χ1v) is 12.4. The Balaban J connectivity index is 1.33. The molecule has 4 aromatic rings. The lowest BCUT2D eigenvalue weighted by Crippen LogP contribution is -2.38. The van der Waals surface area contributed by atoms with E-state index in [9.17, 15) is 9.59 Å². The van der Waals surface area contributed by atoms with Crippen LogP contribution in [0.1, 0.15) is 30.1 Å². The molecule has 2 aliphatic heterocycles. The maximum atomic E-state index is 13.6. The van der Waals surface area contributed by atoms with Crippen LogP contribution in [0.4, 0.5) is 11.4 Å². The molecule has 3 heterocycles. The molecule has 1 atom stereocenters. The molecule has 0 N–H and O–H groups in total. The number of methoxy groups -OCH3 is 1. The molecule has 0 bridgehead atoms. The number of hydrogen-bond donors (Lipinski definition) is 0. The van der Waals surface area contributed by atoms with E-state index in [1.165, 1.54) is 5.56 Å². The second kappa shape index (κ2) is 9.15. The van der Waals surface area contributed by atoms with Crippen molar-refractivity contribution in [3.05, 3.63) is 84.2 Å². The molecule has 36 heavy (non-hydrogen) atoms. The highest BCUT2D eigenvalue weighted by Gasteiger charge is 2.35. The fraction of sp³-hybridized carbons (Fsp3) is 0.276. The van der Waals surface area contributed by atoms with Crippen LogP contribution in [0.5, 0.6) is 5.75 Å². The van der Waals surface area contributed by atoms with Crippen molar-refractivity contribution < 1.29 is 14.3 Å². The number of hydrogen-bond acceptors (Lipinski definition) is 4. The van der Waals surface area contributed by atoms with E-state index in [0.717, 1.165) is 41.1 Å². The van der Waals surface area contributed by atoms with E-state index in [1.807, 2.05) is 76.2 Å². The number of amides is 2. The lowest BCUT2D eigenvalue weighted by molar-refractivity contribution is -0.119. The Morgan fingerprint density at radius 1 is 1.06 bits per heavy atom. The summed E-state index contributed by atoms with van der Waals surface area (Å²) in [4.78, 5) is 35.3. The lowest BCUT2D eigenvalue weighted by Gasteiger charge is -2.30. The van der Waals surface area contributed by atoms with Gasteiger partial charge in [-0.05, 0) is 48.7 Å². The van der Waals surface area contributed by atoms with E-state index in [-0.39, 0.29) is 24.3 Å². The Hall–Kier alpha value is -4.13. The average molecular weight is 481 g/mol. The zero-order valence-corrected chi connectivity index (χ0v) is 20.3. The molecule has 6 rings (SSSR count). The van der Waals surface area contributed by atoms with Gasteiger partial charge < -0.3 is 19.1 Å². The van der Waals surface area contributed by atoms with Crippen molar-refractivity contribution in [3.8, 4) is 5.75 Å². The monoisotopic (exact) mass is 480 g/mol. The summed E-state index contributed by atoms with van der Waals surface area (Å²) in [6.45, 7) is 1.41. The zero-order chi connectivity index (χ0) is 24.6. The van der Waals surface area contributed by atoms with Crippen molar-refractivity contribution in [3.63, 3.8) is 0 Å². The fourth-order valence-corrected chi connectivity index (χ4v) is 5.49. The van der Waals surface area contributed by atoms with Crippen molar-refractivity contribution in [2.45, 2.75) is 31.7 Å². The van der Waals surface area contributed by atoms with Crippen LogP contribution >= 0.6 is 0 Å². The first-order chi connectivity index (χ1) is 17.6. The van der Waals surface area contributed by atoms with Gasteiger partial charge in [0.25, 0.3) is 0 Å². The fourth-order valence-electron chi connectivity index (χ4n) is 5.49. The molecule has 1 saturated heterocycles. The van der Waals surface area contributed by atoms with Gasteiger partial charge in [0.1, 0.15) is 18.1 Å². The summed E-state index contributed by atoms with van der Waals surface area (Å²) in [6.07, 6.45) is 2.29. The Morgan fingerprint density at radius 3 is 2.78 bits per heavy atom. The second-order valence-corrected chi connectivity index (χ2v) is 9.43. The van der Waals surface area contributed by atoms with Crippen LogP contribution in [0.25, 0.3) is 11.0 Å². The molecule has 0 aliphatic carbocycles. The van der Waals surface area contributed by atoms with E-state index >= 15 is 0 Å². The maximum Gasteiger partial charge on any atom is 0.246 e. The van der Waals surface area contributed by atoms with Crippen LogP contribution in [-0.2, 0) is 22.6 Å². The summed E-state index contributed by atoms with van der Waals surface area (Å²) >= 11 is 0. The molecule has 1 fully saturated rings. The molecular formula is C29H28N4O3. The van der Waals surface area contributed by atoms with E-state index in [2.05, 4.69) is 6.07 Å². The quantitative estimate of drug-likeness (QED) is 0.421. The van der Waals surface area contributed by atoms with Crippen LogP contribution in [-0.4, -0.2) is 41.6 Å². The van der Waals surface area contributed by atoms with Gasteiger partial charge >= 0.3 is 0 Å². The maximum absolute atomic E-state index is 13.6. The number of benzene rings is 3. The summed E-state index contributed by atoms with van der Waals surface area (Å²) in [7, 11) is 1.62. The van der Waals surface area contributed by atoms with Gasteiger partial charge in [-0.3, -0.25) is 9.59 Å². The normalized spacial score (nSPS) is 17.5. The number of rotatable bonds is 5. The molecule has 0 radical (unpaired) electrons. The molecule has 182 valence electrons. The molecule has 2 aliphatic rings. The highest BCUT2D eigenvalue weighted by atomic mass is 16.5. The van der Waals surface area contributed by atoms with Gasteiger partial charge in [-0.25, -0.2) is 4.98 Å². The number of carbonyl (C=O) groups excluding carboxylic acids is 2. The molecule has 7 nitrogen and oxygen atoms in total. The van der Waals surface area contributed by atoms with Gasteiger partial charge in [-0.2, -0.15) is 0 Å². The summed E-state index contributed by atoms with van der Waals surface area (Å²) in [5.74, 6) is 1.47. The summed E-state index contributed by atoms with van der Waals surface area (Å²) < 4.78 is 7.37. The largest absolute Gasteiger partial charge is 0.497 e. The number of nitrogens with zero attached hydrogens (tertiary/aromatic N) is 4. The first kappa shape index (κ1) is 22.3. The van der Waals surface area contributed by atoms with Crippen LogP contribution in [0.2, 0.25) is 0 Å². The molecule has 2 amide bonds. The highest BCUT2D eigenvalue weighted by molar-refractivity contribution is 5.97. The minimum Gasteiger partial charge on any atom is -0.497 e. The van der Waals surface area contributed by atoms with Crippen LogP contribution in [0.15, 0.2) is 72.8 Å². The van der Waals surface area contributed by atoms with E-state index < -0.39 is 0 Å². The number of aryl methyl sites for hydroxylation is 1. The predicted molar refractivity (Wildman–Crippen MR) is 140 cm³/mol. The van der Waals surface area contributed by atoms with Gasteiger partial charge in [0.15, 0.2) is 0 Å². The number of aromatic nitrogens is 2. The summed E-state index contributed by atoms with van der Waals surface area (Å²) in [6, 6.07) is 23.6. The number of fused-ring (bicyclic) bond motifs is 2. The number of imidazole rings is 1. The first-order valence-electron chi connectivity index (χ1n) is 12.4. The summed E-state index contributed by atoms with van der Waals surface area (Å²) in [5.41, 5.74) is 4.78. The molecular weight excluding hydrogens is 452 g/mol. The van der Waals surface area contributed by atoms with Gasteiger partial charge in [0.05, 0.1) is 18.1 Å². The Labute approximate surface area is 209 Å². The molecule has 3 aromatic carbocycles. The third kappa shape index (κ3) is 3.90. The highest BCUT2D eigenvalue weighted by Crippen LogP contribution is 2.35. The SMILES string of the molecule is COc1cccc(N2CC(c3nc4ccccc4n3CC(=O)N3CCCc4ccccc43)CC2=O)c1. The number of anilines is 2. The minimum atomic E-state index is -0.113. The summed E-state index contributed by atoms with van der Waals surface area (Å²) in [5, 5.41) is 0.